The number of thiazole rings is 1. The van der Waals surface area contributed by atoms with Gasteiger partial charge in [-0.1, -0.05) is 11.3 Å². The van der Waals surface area contributed by atoms with Gasteiger partial charge in [0.1, 0.15) is 17.2 Å². The zero-order valence-corrected chi connectivity index (χ0v) is 20.7. The van der Waals surface area contributed by atoms with Gasteiger partial charge in [-0.05, 0) is 53.0 Å². The van der Waals surface area contributed by atoms with Crippen LogP contribution in [0.4, 0.5) is 16.5 Å². The first kappa shape index (κ1) is 24.8. The van der Waals surface area contributed by atoms with E-state index in [1.54, 1.807) is 0 Å². The number of aromatic nitrogens is 1. The molecule has 180 valence electrons. The monoisotopic (exact) mass is 475 g/mol. The van der Waals surface area contributed by atoms with Crippen molar-refractivity contribution in [3.05, 3.63) is 28.8 Å². The number of benzene rings is 1. The van der Waals surface area contributed by atoms with Crippen molar-refractivity contribution >= 4 is 40.2 Å². The van der Waals surface area contributed by atoms with Crippen molar-refractivity contribution < 1.29 is 19.4 Å². The summed E-state index contributed by atoms with van der Waals surface area (Å²) in [7, 11) is 6.32. The molecule has 0 saturated heterocycles. The molecule has 0 fully saturated rings. The Morgan fingerprint density at radius 2 is 2.03 bits per heavy atom. The summed E-state index contributed by atoms with van der Waals surface area (Å²) in [6.07, 6.45) is 1.86. The molecule has 1 aromatic heterocycles. The van der Waals surface area contributed by atoms with Gasteiger partial charge in [-0.25, -0.2) is 4.98 Å². The van der Waals surface area contributed by atoms with Crippen molar-refractivity contribution in [2.24, 2.45) is 0 Å². The van der Waals surface area contributed by atoms with Crippen LogP contribution in [-0.2, 0) is 11.2 Å². The Labute approximate surface area is 199 Å². The third-order valence-corrected chi connectivity index (χ3v) is 6.65. The fraction of sp³-hybridized carbons (Fsp3) is 0.522. The number of rotatable bonds is 6. The lowest BCUT2D eigenvalue weighted by molar-refractivity contribution is -0.122. The highest BCUT2D eigenvalue weighted by molar-refractivity contribution is 7.17. The van der Waals surface area contributed by atoms with Gasteiger partial charge in [0.2, 0.25) is 0 Å². The predicted molar refractivity (Wildman–Crippen MR) is 131 cm³/mol. The standard InChI is InChI=1S/C22H31N5O2S.CH2O2/c1-22(2)14-16-19(20(28)24-22)30-21(23-16)27-11-12-29-18-13-15(7-8-17(18)27)26(5)10-6-9-25(3)4;2-1-3/h7-8,13H,6,9-12,14H2,1-5H3,(H,24,28);1H,(H,2,3). The highest BCUT2D eigenvalue weighted by Crippen LogP contribution is 2.42. The first-order valence-corrected chi connectivity index (χ1v) is 11.8. The van der Waals surface area contributed by atoms with E-state index >= 15 is 0 Å². The molecule has 33 heavy (non-hydrogen) atoms. The zero-order chi connectivity index (χ0) is 24.2. The number of hydrogen-bond acceptors (Lipinski definition) is 8. The number of amides is 1. The lowest BCUT2D eigenvalue weighted by Gasteiger charge is -2.30. The largest absolute Gasteiger partial charge is 0.489 e. The van der Waals surface area contributed by atoms with Gasteiger partial charge < -0.3 is 29.9 Å². The van der Waals surface area contributed by atoms with Crippen LogP contribution in [-0.4, -0.2) is 80.3 Å². The minimum Gasteiger partial charge on any atom is -0.489 e. The molecule has 4 rings (SSSR count). The Morgan fingerprint density at radius 1 is 1.30 bits per heavy atom. The molecule has 2 N–H and O–H groups in total. The van der Waals surface area contributed by atoms with Crippen LogP contribution in [0.15, 0.2) is 18.2 Å². The van der Waals surface area contributed by atoms with Crippen LogP contribution in [0.3, 0.4) is 0 Å². The first-order valence-electron chi connectivity index (χ1n) is 11.0. The Morgan fingerprint density at radius 3 is 2.73 bits per heavy atom. The Kier molecular flexibility index (Phi) is 7.80. The molecule has 9 nitrogen and oxygen atoms in total. The summed E-state index contributed by atoms with van der Waals surface area (Å²) in [4.78, 5) is 33.1. The van der Waals surface area contributed by atoms with Gasteiger partial charge in [-0.15, -0.1) is 0 Å². The van der Waals surface area contributed by atoms with E-state index in [1.165, 1.54) is 11.3 Å². The smallest absolute Gasteiger partial charge is 0.290 e. The van der Waals surface area contributed by atoms with Crippen molar-refractivity contribution in [2.45, 2.75) is 32.2 Å². The van der Waals surface area contributed by atoms with Crippen LogP contribution in [0, 0.1) is 0 Å². The zero-order valence-electron chi connectivity index (χ0n) is 19.9. The molecular formula is C23H33N5O4S. The minimum absolute atomic E-state index is 0.0202. The number of nitrogens with zero attached hydrogens (tertiary/aromatic N) is 4. The molecule has 0 spiro atoms. The molecule has 2 aliphatic heterocycles. The number of carbonyl (C=O) groups is 2. The van der Waals surface area contributed by atoms with Gasteiger partial charge >= 0.3 is 0 Å². The fourth-order valence-corrected chi connectivity index (χ4v) is 4.99. The molecule has 1 amide bonds. The van der Waals surface area contributed by atoms with Gasteiger partial charge in [-0.3, -0.25) is 9.59 Å². The van der Waals surface area contributed by atoms with Crippen LogP contribution in [0.5, 0.6) is 5.75 Å². The summed E-state index contributed by atoms with van der Waals surface area (Å²) in [5.74, 6) is 0.851. The molecule has 0 atom stereocenters. The van der Waals surface area contributed by atoms with E-state index in [4.69, 9.17) is 19.6 Å². The van der Waals surface area contributed by atoms with E-state index in [2.05, 4.69) is 59.4 Å². The van der Waals surface area contributed by atoms with Crippen LogP contribution in [0.1, 0.15) is 35.6 Å². The van der Waals surface area contributed by atoms with Crippen LogP contribution in [0.2, 0.25) is 0 Å². The summed E-state index contributed by atoms with van der Waals surface area (Å²) >= 11 is 1.47. The van der Waals surface area contributed by atoms with Gasteiger partial charge in [0, 0.05) is 37.3 Å². The molecule has 1 aromatic carbocycles. The maximum Gasteiger partial charge on any atom is 0.290 e. The van der Waals surface area contributed by atoms with Gasteiger partial charge in [0.05, 0.1) is 17.9 Å². The second-order valence-electron chi connectivity index (χ2n) is 9.12. The van der Waals surface area contributed by atoms with E-state index in [0.717, 1.165) is 65.3 Å². The summed E-state index contributed by atoms with van der Waals surface area (Å²) < 4.78 is 5.99. The third-order valence-electron chi connectivity index (χ3n) is 5.53. The molecular weight excluding hydrogens is 442 g/mol. The van der Waals surface area contributed by atoms with Crippen LogP contribution < -0.4 is 19.9 Å². The number of fused-ring (bicyclic) bond motifs is 2. The molecule has 10 heteroatoms. The van der Waals surface area contributed by atoms with E-state index < -0.39 is 0 Å². The van der Waals surface area contributed by atoms with E-state index in [-0.39, 0.29) is 17.9 Å². The molecule has 0 bridgehead atoms. The number of ether oxygens (including phenoxy) is 1. The second-order valence-corrected chi connectivity index (χ2v) is 10.1. The lowest BCUT2D eigenvalue weighted by Crippen LogP contribution is -2.48. The predicted octanol–water partition coefficient (Wildman–Crippen LogP) is 2.83. The maximum atomic E-state index is 12.5. The van der Waals surface area contributed by atoms with Gasteiger partial charge in [0.15, 0.2) is 5.13 Å². The maximum absolute atomic E-state index is 12.5. The van der Waals surface area contributed by atoms with Crippen LogP contribution in [0.25, 0.3) is 0 Å². The Hall–Kier alpha value is -2.85. The normalized spacial score (nSPS) is 16.1. The second kappa shape index (κ2) is 10.4. The average Bonchev–Trinajstić information content (AvgIpc) is 3.16. The fourth-order valence-electron chi connectivity index (χ4n) is 3.98. The highest BCUT2D eigenvalue weighted by Gasteiger charge is 2.34. The van der Waals surface area contributed by atoms with Crippen molar-refractivity contribution in [1.29, 1.82) is 0 Å². The van der Waals surface area contributed by atoms with Gasteiger partial charge in [-0.2, -0.15) is 0 Å². The molecule has 0 aliphatic carbocycles. The number of carbonyl (C=O) groups excluding carboxylic acids is 1. The molecule has 0 saturated carbocycles. The van der Waals surface area contributed by atoms with E-state index in [0.29, 0.717) is 6.61 Å². The summed E-state index contributed by atoms with van der Waals surface area (Å²) in [5, 5.41) is 10.8. The van der Waals surface area contributed by atoms with Crippen molar-refractivity contribution in [1.82, 2.24) is 15.2 Å². The molecule has 3 heterocycles. The van der Waals surface area contributed by atoms with E-state index in [9.17, 15) is 4.79 Å². The number of carboxylic acid groups (broad SMARTS) is 1. The number of anilines is 3. The SMILES string of the molecule is CN(C)CCCN(C)c1ccc2c(c1)OCCN2c1nc2c(s1)C(=O)NC(C)(C)C2.O=CO. The molecule has 0 radical (unpaired) electrons. The Balaban J connectivity index is 0.000000968. The first-order chi connectivity index (χ1) is 15.6. The van der Waals surface area contributed by atoms with E-state index in [1.807, 2.05) is 13.8 Å². The van der Waals surface area contributed by atoms with Crippen molar-refractivity contribution in [2.75, 3.05) is 57.2 Å². The average molecular weight is 476 g/mol. The van der Waals surface area contributed by atoms with Crippen LogP contribution >= 0.6 is 11.3 Å². The lowest BCUT2D eigenvalue weighted by atomic mass is 9.94. The quantitative estimate of drug-likeness (QED) is 0.616. The summed E-state index contributed by atoms with van der Waals surface area (Å²) in [6.45, 7) is 7.20. The number of nitrogens with one attached hydrogen (secondary N) is 1. The third kappa shape index (κ3) is 5.94. The highest BCUT2D eigenvalue weighted by atomic mass is 32.1. The Bertz CT molecular complexity index is 991. The van der Waals surface area contributed by atoms with Crippen molar-refractivity contribution in [3.63, 3.8) is 0 Å². The molecule has 2 aromatic rings. The number of hydrogen-bond donors (Lipinski definition) is 2. The topological polar surface area (TPSA) is 98.2 Å². The molecule has 0 unspecified atom stereocenters. The van der Waals surface area contributed by atoms with Gasteiger partial charge in [0.25, 0.3) is 12.4 Å². The minimum atomic E-state index is -0.260. The summed E-state index contributed by atoms with van der Waals surface area (Å²) in [6, 6.07) is 6.36. The summed E-state index contributed by atoms with van der Waals surface area (Å²) in [5.41, 5.74) is 2.80. The molecule has 2 aliphatic rings. The van der Waals surface area contributed by atoms with Crippen molar-refractivity contribution in [3.8, 4) is 5.75 Å².